The van der Waals surface area contributed by atoms with Gasteiger partial charge in [-0.3, -0.25) is 4.79 Å². The van der Waals surface area contributed by atoms with E-state index in [1.54, 1.807) is 31.4 Å². The second-order valence-electron chi connectivity index (χ2n) is 5.40. The summed E-state index contributed by atoms with van der Waals surface area (Å²) in [4.78, 5) is 23.5. The summed E-state index contributed by atoms with van der Waals surface area (Å²) < 4.78 is 15.7. The number of hydrogen-bond donors (Lipinski definition) is 2. The number of aromatic carboxylic acids is 1. The first-order valence-corrected chi connectivity index (χ1v) is 7.99. The van der Waals surface area contributed by atoms with Gasteiger partial charge >= 0.3 is 5.97 Å². The van der Waals surface area contributed by atoms with Crippen molar-refractivity contribution in [2.45, 2.75) is 6.42 Å². The highest BCUT2D eigenvalue weighted by Crippen LogP contribution is 2.26. The SMILES string of the molecule is COCCCOc1cccc(C(=O)Nc2ccc(C(=O)O)cc2OC)c1. The fraction of sp³-hybridized carbons (Fsp3) is 0.263. The number of carbonyl (C=O) groups excluding carboxylic acids is 1. The predicted molar refractivity (Wildman–Crippen MR) is 96.3 cm³/mol. The van der Waals surface area contributed by atoms with Crippen molar-refractivity contribution >= 4 is 17.6 Å². The molecule has 0 unspecified atom stereocenters. The summed E-state index contributed by atoms with van der Waals surface area (Å²) in [5.41, 5.74) is 0.874. The minimum absolute atomic E-state index is 0.0753. The number of anilines is 1. The molecule has 0 atom stereocenters. The summed E-state index contributed by atoms with van der Waals surface area (Å²) in [5, 5.41) is 11.7. The lowest BCUT2D eigenvalue weighted by Crippen LogP contribution is -2.13. The van der Waals surface area contributed by atoms with Crippen molar-refractivity contribution in [3.8, 4) is 11.5 Å². The van der Waals surface area contributed by atoms with E-state index < -0.39 is 5.97 Å². The fourth-order valence-electron chi connectivity index (χ4n) is 2.24. The van der Waals surface area contributed by atoms with E-state index in [2.05, 4.69) is 5.32 Å². The van der Waals surface area contributed by atoms with Gasteiger partial charge in [0.15, 0.2) is 0 Å². The van der Waals surface area contributed by atoms with Gasteiger partial charge in [0.25, 0.3) is 5.91 Å². The summed E-state index contributed by atoms with van der Waals surface area (Å²) in [7, 11) is 3.04. The summed E-state index contributed by atoms with van der Waals surface area (Å²) in [6.45, 7) is 1.09. The average Bonchev–Trinajstić information content (AvgIpc) is 2.65. The first-order valence-electron chi connectivity index (χ1n) is 7.99. The van der Waals surface area contributed by atoms with E-state index >= 15 is 0 Å². The monoisotopic (exact) mass is 359 g/mol. The van der Waals surface area contributed by atoms with Crippen molar-refractivity contribution in [2.75, 3.05) is 32.8 Å². The number of benzene rings is 2. The summed E-state index contributed by atoms with van der Waals surface area (Å²) in [6.07, 6.45) is 0.750. The Morgan fingerprint density at radius 3 is 2.54 bits per heavy atom. The van der Waals surface area contributed by atoms with Crippen LogP contribution in [0.3, 0.4) is 0 Å². The van der Waals surface area contributed by atoms with E-state index in [1.807, 2.05) is 0 Å². The molecule has 0 bridgehead atoms. The standard InChI is InChI=1S/C19H21NO6/c1-24-9-4-10-26-15-6-3-5-13(11-15)18(21)20-16-8-7-14(19(22)23)12-17(16)25-2/h3,5-8,11-12H,4,9-10H2,1-2H3,(H,20,21)(H,22,23). The van der Waals surface area contributed by atoms with Crippen LogP contribution in [0.1, 0.15) is 27.1 Å². The highest BCUT2D eigenvalue weighted by molar-refractivity contribution is 6.05. The second-order valence-corrected chi connectivity index (χ2v) is 5.40. The van der Waals surface area contributed by atoms with Gasteiger partial charge in [-0.25, -0.2) is 4.79 Å². The Bertz CT molecular complexity index is 774. The Balaban J connectivity index is 2.09. The third kappa shape index (κ3) is 5.22. The van der Waals surface area contributed by atoms with Gasteiger partial charge < -0.3 is 24.6 Å². The molecule has 0 fully saturated rings. The van der Waals surface area contributed by atoms with E-state index in [0.29, 0.717) is 30.2 Å². The molecule has 7 nitrogen and oxygen atoms in total. The second kappa shape index (κ2) is 9.43. The zero-order chi connectivity index (χ0) is 18.9. The zero-order valence-corrected chi connectivity index (χ0v) is 14.7. The molecule has 0 saturated heterocycles. The first kappa shape index (κ1) is 19.3. The fourth-order valence-corrected chi connectivity index (χ4v) is 2.24. The van der Waals surface area contributed by atoms with Crippen LogP contribution in [0.5, 0.6) is 11.5 Å². The molecule has 0 aromatic heterocycles. The average molecular weight is 359 g/mol. The third-order valence-electron chi connectivity index (χ3n) is 3.55. The molecule has 2 N–H and O–H groups in total. The van der Waals surface area contributed by atoms with Crippen molar-refractivity contribution in [1.29, 1.82) is 0 Å². The van der Waals surface area contributed by atoms with Crippen LogP contribution in [0, 0.1) is 0 Å². The summed E-state index contributed by atoms with van der Waals surface area (Å²) in [5.74, 6) is -0.569. The normalized spacial score (nSPS) is 10.2. The molecule has 0 heterocycles. The van der Waals surface area contributed by atoms with Crippen molar-refractivity contribution in [3.05, 3.63) is 53.6 Å². The van der Waals surface area contributed by atoms with Crippen molar-refractivity contribution in [2.24, 2.45) is 0 Å². The van der Waals surface area contributed by atoms with Crippen LogP contribution < -0.4 is 14.8 Å². The first-order chi connectivity index (χ1) is 12.5. The number of ether oxygens (including phenoxy) is 3. The van der Waals surface area contributed by atoms with Crippen molar-refractivity contribution in [1.82, 2.24) is 0 Å². The molecule has 7 heteroatoms. The molecule has 0 spiro atoms. The molecule has 0 aliphatic rings. The highest BCUT2D eigenvalue weighted by atomic mass is 16.5. The molecule has 26 heavy (non-hydrogen) atoms. The van der Waals surface area contributed by atoms with Gasteiger partial charge in [-0.05, 0) is 36.4 Å². The van der Waals surface area contributed by atoms with E-state index in [1.165, 1.54) is 25.3 Å². The maximum atomic E-state index is 12.5. The Morgan fingerprint density at radius 2 is 1.85 bits per heavy atom. The Kier molecular flexibility index (Phi) is 6.99. The van der Waals surface area contributed by atoms with Crippen molar-refractivity contribution < 1.29 is 28.9 Å². The Hall–Kier alpha value is -3.06. The maximum Gasteiger partial charge on any atom is 0.335 e. The van der Waals surface area contributed by atoms with Crippen LogP contribution in [-0.4, -0.2) is 44.4 Å². The van der Waals surface area contributed by atoms with Gasteiger partial charge in [-0.2, -0.15) is 0 Å². The van der Waals surface area contributed by atoms with Gasteiger partial charge in [-0.1, -0.05) is 6.07 Å². The molecule has 2 aromatic carbocycles. The minimum atomic E-state index is -1.07. The van der Waals surface area contributed by atoms with E-state index in [9.17, 15) is 9.59 Å². The molecule has 0 saturated carbocycles. The number of methoxy groups -OCH3 is 2. The lowest BCUT2D eigenvalue weighted by atomic mass is 10.1. The molecule has 0 aliphatic carbocycles. The third-order valence-corrected chi connectivity index (χ3v) is 3.55. The number of rotatable bonds is 9. The van der Waals surface area contributed by atoms with E-state index in [4.69, 9.17) is 19.3 Å². The van der Waals surface area contributed by atoms with Crippen LogP contribution in [0.25, 0.3) is 0 Å². The maximum absolute atomic E-state index is 12.5. The van der Waals surface area contributed by atoms with E-state index in [0.717, 1.165) is 6.42 Å². The van der Waals surface area contributed by atoms with E-state index in [-0.39, 0.29) is 17.2 Å². The molecule has 2 rings (SSSR count). The van der Waals surface area contributed by atoms with Crippen LogP contribution in [-0.2, 0) is 4.74 Å². The lowest BCUT2D eigenvalue weighted by Gasteiger charge is -2.12. The quantitative estimate of drug-likeness (QED) is 0.668. The molecule has 0 aliphatic heterocycles. The summed E-state index contributed by atoms with van der Waals surface area (Å²) in [6, 6.07) is 11.0. The number of carboxylic acid groups (broad SMARTS) is 1. The van der Waals surface area contributed by atoms with Gasteiger partial charge in [-0.15, -0.1) is 0 Å². The van der Waals surface area contributed by atoms with Gasteiger partial charge in [0.1, 0.15) is 11.5 Å². The topological polar surface area (TPSA) is 94.1 Å². The highest BCUT2D eigenvalue weighted by Gasteiger charge is 2.13. The molecular weight excluding hydrogens is 338 g/mol. The zero-order valence-electron chi connectivity index (χ0n) is 14.7. The Labute approximate surface area is 151 Å². The lowest BCUT2D eigenvalue weighted by molar-refractivity contribution is 0.0696. The number of carboxylic acids is 1. The molecule has 2 aromatic rings. The number of nitrogens with one attached hydrogen (secondary N) is 1. The van der Waals surface area contributed by atoms with Crippen LogP contribution in [0.15, 0.2) is 42.5 Å². The predicted octanol–water partition coefficient (Wildman–Crippen LogP) is 3.06. The summed E-state index contributed by atoms with van der Waals surface area (Å²) >= 11 is 0. The van der Waals surface area contributed by atoms with Crippen LogP contribution in [0.4, 0.5) is 5.69 Å². The van der Waals surface area contributed by atoms with Gasteiger partial charge in [0, 0.05) is 25.7 Å². The van der Waals surface area contributed by atoms with Gasteiger partial charge in [0.2, 0.25) is 0 Å². The smallest absolute Gasteiger partial charge is 0.335 e. The number of amides is 1. The van der Waals surface area contributed by atoms with Gasteiger partial charge in [0.05, 0.1) is 25.0 Å². The minimum Gasteiger partial charge on any atom is -0.495 e. The van der Waals surface area contributed by atoms with Crippen LogP contribution in [0.2, 0.25) is 0 Å². The molecular formula is C19H21NO6. The number of hydrogen-bond acceptors (Lipinski definition) is 5. The molecule has 138 valence electrons. The Morgan fingerprint density at radius 1 is 1.04 bits per heavy atom. The van der Waals surface area contributed by atoms with Crippen molar-refractivity contribution in [3.63, 3.8) is 0 Å². The van der Waals surface area contributed by atoms with Crippen LogP contribution >= 0.6 is 0 Å². The molecule has 0 radical (unpaired) electrons. The number of carbonyl (C=O) groups is 2. The molecule has 1 amide bonds. The largest absolute Gasteiger partial charge is 0.495 e.